The summed E-state index contributed by atoms with van der Waals surface area (Å²) in [5, 5.41) is 10.7. The maximum absolute atomic E-state index is 12.9. The summed E-state index contributed by atoms with van der Waals surface area (Å²) in [6.07, 6.45) is 3.65. The van der Waals surface area contributed by atoms with Crippen LogP contribution in [0.4, 0.5) is 0 Å². The third kappa shape index (κ3) is 4.75. The average molecular weight is 391 g/mol. The van der Waals surface area contributed by atoms with Crippen LogP contribution in [0.1, 0.15) is 43.1 Å². The number of hydrogen-bond acceptors (Lipinski definition) is 6. The number of piperazine rings is 1. The zero-order valence-corrected chi connectivity index (χ0v) is 17.7. The molecule has 148 valence electrons. The molecule has 1 aliphatic rings. The number of amides is 1. The summed E-state index contributed by atoms with van der Waals surface area (Å²) >= 11 is 1.74. The first-order chi connectivity index (χ1) is 12.8. The van der Waals surface area contributed by atoms with E-state index >= 15 is 0 Å². The van der Waals surface area contributed by atoms with Crippen LogP contribution >= 0.6 is 11.3 Å². The van der Waals surface area contributed by atoms with Gasteiger partial charge in [-0.05, 0) is 7.05 Å². The maximum Gasteiger partial charge on any atom is 0.244 e. The Morgan fingerprint density at radius 3 is 2.52 bits per heavy atom. The molecule has 1 aliphatic heterocycles. The van der Waals surface area contributed by atoms with Gasteiger partial charge in [0, 0.05) is 62.3 Å². The standard InChI is InChI=1S/C19H30N6OS/c1-19(2,3)18-22-15(13-27-18)12-24-6-8-25(9-7-24)17(26)16(20-4)14-10-21-23(5)11-14/h10-11,13,16,20H,6-9,12H2,1-5H3. The van der Waals surface area contributed by atoms with Gasteiger partial charge in [-0.25, -0.2) is 4.98 Å². The Morgan fingerprint density at radius 2 is 2.00 bits per heavy atom. The quantitative estimate of drug-likeness (QED) is 0.843. The number of carbonyl (C=O) groups excluding carboxylic acids is 1. The molecule has 0 aliphatic carbocycles. The first-order valence-corrected chi connectivity index (χ1v) is 10.3. The normalized spacial score (nSPS) is 17.3. The average Bonchev–Trinajstić information content (AvgIpc) is 3.25. The van der Waals surface area contributed by atoms with Crippen LogP contribution in [0.2, 0.25) is 0 Å². The summed E-state index contributed by atoms with van der Waals surface area (Å²) in [4.78, 5) is 22.0. The Morgan fingerprint density at radius 1 is 1.30 bits per heavy atom. The Hall–Kier alpha value is -1.77. The van der Waals surface area contributed by atoms with Crippen molar-refractivity contribution in [2.45, 2.75) is 38.8 Å². The lowest BCUT2D eigenvalue weighted by atomic mass is 9.98. The van der Waals surface area contributed by atoms with Crippen molar-refractivity contribution in [1.82, 2.24) is 29.9 Å². The highest BCUT2D eigenvalue weighted by Crippen LogP contribution is 2.26. The molecule has 1 atom stereocenters. The summed E-state index contributed by atoms with van der Waals surface area (Å²) in [6.45, 7) is 10.7. The Kier molecular flexibility index (Phi) is 5.98. The lowest BCUT2D eigenvalue weighted by Crippen LogP contribution is -2.51. The number of thiazole rings is 1. The summed E-state index contributed by atoms with van der Waals surface area (Å²) in [6, 6.07) is -0.335. The van der Waals surface area contributed by atoms with Crippen LogP contribution in [0.3, 0.4) is 0 Å². The van der Waals surface area contributed by atoms with Crippen LogP contribution < -0.4 is 5.32 Å². The topological polar surface area (TPSA) is 66.3 Å². The molecule has 0 radical (unpaired) electrons. The van der Waals surface area contributed by atoms with Crippen molar-refractivity contribution >= 4 is 17.2 Å². The monoisotopic (exact) mass is 390 g/mol. The highest BCUT2D eigenvalue weighted by Gasteiger charge is 2.28. The van der Waals surface area contributed by atoms with Gasteiger partial charge in [0.2, 0.25) is 5.91 Å². The molecule has 7 nitrogen and oxygen atoms in total. The molecule has 0 saturated carbocycles. The first kappa shape index (κ1) is 20.0. The molecule has 27 heavy (non-hydrogen) atoms. The fourth-order valence-corrected chi connectivity index (χ4v) is 4.18. The lowest BCUT2D eigenvalue weighted by molar-refractivity contribution is -0.135. The van der Waals surface area contributed by atoms with Gasteiger partial charge in [0.05, 0.1) is 16.9 Å². The molecule has 3 heterocycles. The molecule has 1 saturated heterocycles. The van der Waals surface area contributed by atoms with E-state index in [2.05, 4.69) is 41.5 Å². The molecule has 3 rings (SSSR count). The van der Waals surface area contributed by atoms with Gasteiger partial charge in [-0.1, -0.05) is 20.8 Å². The predicted molar refractivity (Wildman–Crippen MR) is 108 cm³/mol. The van der Waals surface area contributed by atoms with E-state index in [9.17, 15) is 4.79 Å². The van der Waals surface area contributed by atoms with Crippen molar-refractivity contribution in [3.05, 3.63) is 34.0 Å². The van der Waals surface area contributed by atoms with Gasteiger partial charge in [0.1, 0.15) is 6.04 Å². The minimum Gasteiger partial charge on any atom is -0.338 e. The van der Waals surface area contributed by atoms with Crippen LogP contribution in [0.25, 0.3) is 0 Å². The van der Waals surface area contributed by atoms with Crippen LogP contribution in [-0.4, -0.2) is 63.7 Å². The van der Waals surface area contributed by atoms with Gasteiger partial charge >= 0.3 is 0 Å². The maximum atomic E-state index is 12.9. The third-order valence-corrected chi connectivity index (χ3v) is 6.17. The highest BCUT2D eigenvalue weighted by molar-refractivity contribution is 7.09. The Labute approximate surface area is 165 Å². The van der Waals surface area contributed by atoms with E-state index in [0.717, 1.165) is 44.0 Å². The summed E-state index contributed by atoms with van der Waals surface area (Å²) in [5.41, 5.74) is 2.14. The Bertz CT molecular complexity index is 769. The molecular formula is C19H30N6OS. The van der Waals surface area contributed by atoms with E-state index in [4.69, 9.17) is 4.98 Å². The van der Waals surface area contributed by atoms with Crippen molar-refractivity contribution in [3.63, 3.8) is 0 Å². The second-order valence-corrected chi connectivity index (χ2v) is 9.02. The molecule has 0 bridgehead atoms. The van der Waals surface area contributed by atoms with E-state index in [-0.39, 0.29) is 17.4 Å². The molecule has 2 aromatic rings. The zero-order chi connectivity index (χ0) is 19.6. The molecule has 8 heteroatoms. The van der Waals surface area contributed by atoms with Gasteiger partial charge in [-0.15, -0.1) is 11.3 Å². The fraction of sp³-hybridized carbons (Fsp3) is 0.632. The number of likely N-dealkylation sites (N-methyl/N-ethyl adjacent to an activating group) is 1. The van der Waals surface area contributed by atoms with Crippen molar-refractivity contribution in [3.8, 4) is 0 Å². The predicted octanol–water partition coefficient (Wildman–Crippen LogP) is 1.78. The number of aryl methyl sites for hydroxylation is 1. The van der Waals surface area contributed by atoms with Crippen LogP contribution in [0, 0.1) is 0 Å². The third-order valence-electron chi connectivity index (χ3n) is 4.86. The lowest BCUT2D eigenvalue weighted by Gasteiger charge is -2.36. The van der Waals surface area contributed by atoms with E-state index < -0.39 is 0 Å². The number of carbonyl (C=O) groups is 1. The number of rotatable bonds is 5. The van der Waals surface area contributed by atoms with E-state index in [0.29, 0.717) is 0 Å². The fourth-order valence-electron chi connectivity index (χ4n) is 3.28. The van der Waals surface area contributed by atoms with Gasteiger partial charge in [-0.3, -0.25) is 14.4 Å². The number of aromatic nitrogens is 3. The van der Waals surface area contributed by atoms with E-state index in [1.54, 1.807) is 22.2 Å². The smallest absolute Gasteiger partial charge is 0.244 e. The van der Waals surface area contributed by atoms with Crippen LogP contribution in [-0.2, 0) is 23.8 Å². The molecule has 1 unspecified atom stereocenters. The van der Waals surface area contributed by atoms with Gasteiger partial charge in [-0.2, -0.15) is 5.10 Å². The number of nitrogens with zero attached hydrogens (tertiary/aromatic N) is 5. The largest absolute Gasteiger partial charge is 0.338 e. The molecule has 1 amide bonds. The van der Waals surface area contributed by atoms with Gasteiger partial charge in [0.25, 0.3) is 0 Å². The van der Waals surface area contributed by atoms with Crippen molar-refractivity contribution < 1.29 is 4.79 Å². The van der Waals surface area contributed by atoms with Crippen LogP contribution in [0.5, 0.6) is 0 Å². The van der Waals surface area contributed by atoms with Crippen molar-refractivity contribution in [2.24, 2.45) is 7.05 Å². The molecule has 0 spiro atoms. The van der Waals surface area contributed by atoms with E-state index in [1.165, 1.54) is 5.01 Å². The summed E-state index contributed by atoms with van der Waals surface area (Å²) in [7, 11) is 3.68. The molecule has 1 fully saturated rings. The molecule has 2 aromatic heterocycles. The highest BCUT2D eigenvalue weighted by atomic mass is 32.1. The van der Waals surface area contributed by atoms with E-state index in [1.807, 2.05) is 25.2 Å². The molecule has 1 N–H and O–H groups in total. The van der Waals surface area contributed by atoms with Crippen molar-refractivity contribution in [1.29, 1.82) is 0 Å². The van der Waals surface area contributed by atoms with Crippen molar-refractivity contribution in [2.75, 3.05) is 33.2 Å². The zero-order valence-electron chi connectivity index (χ0n) is 16.9. The second-order valence-electron chi connectivity index (χ2n) is 8.16. The minimum atomic E-state index is -0.335. The van der Waals surface area contributed by atoms with Crippen LogP contribution in [0.15, 0.2) is 17.8 Å². The number of nitrogens with one attached hydrogen (secondary N) is 1. The molecule has 0 aromatic carbocycles. The summed E-state index contributed by atoms with van der Waals surface area (Å²) in [5.74, 6) is 0.119. The number of hydrogen-bond donors (Lipinski definition) is 1. The Balaban J connectivity index is 1.55. The molecular weight excluding hydrogens is 360 g/mol. The first-order valence-electron chi connectivity index (χ1n) is 9.40. The SMILES string of the molecule is CNC(C(=O)N1CCN(Cc2csc(C(C)(C)C)n2)CC1)c1cnn(C)c1. The van der Waals surface area contributed by atoms with Gasteiger partial charge in [0.15, 0.2) is 0 Å². The summed E-state index contributed by atoms with van der Waals surface area (Å²) < 4.78 is 1.73. The minimum absolute atomic E-state index is 0.0997. The second kappa shape index (κ2) is 8.08. The van der Waals surface area contributed by atoms with Gasteiger partial charge < -0.3 is 10.2 Å².